The van der Waals surface area contributed by atoms with Crippen molar-refractivity contribution in [3.05, 3.63) is 55.5 Å². The molecule has 3 aromatic rings. The minimum absolute atomic E-state index is 0.177. The standard InChI is InChI=1S/C23H27ClN4O6/c1-5-7-10-28-21-19(22(30)26-23(28)31)27(3)17(25-21)13-34-18(29)9-8-14-11-15(24)20(32-4)16(12-14)33-6-2/h8-9,11-12H,5-7,10,13H2,1-4H3,(H,26,30,31). The van der Waals surface area contributed by atoms with Gasteiger partial charge in [0.25, 0.3) is 5.56 Å². The number of nitrogens with one attached hydrogen (secondary N) is 1. The number of imidazole rings is 1. The summed E-state index contributed by atoms with van der Waals surface area (Å²) in [5.74, 6) is 0.598. The van der Waals surface area contributed by atoms with E-state index in [1.807, 2.05) is 13.8 Å². The SMILES string of the molecule is CCCCn1c(=O)[nH]c(=O)c2c1nc(COC(=O)C=Cc1cc(Cl)c(OC)c(OCC)c1)n2C. The third kappa shape index (κ3) is 5.33. The lowest BCUT2D eigenvalue weighted by atomic mass is 10.2. The van der Waals surface area contributed by atoms with E-state index in [9.17, 15) is 14.4 Å². The van der Waals surface area contributed by atoms with E-state index in [1.165, 1.54) is 28.4 Å². The lowest BCUT2D eigenvalue weighted by molar-refractivity contribution is -0.139. The first kappa shape index (κ1) is 25.1. The Hall–Kier alpha value is -3.53. The molecular weight excluding hydrogens is 464 g/mol. The van der Waals surface area contributed by atoms with Crippen LogP contribution in [0.5, 0.6) is 11.5 Å². The summed E-state index contributed by atoms with van der Waals surface area (Å²) in [5, 5.41) is 0.348. The van der Waals surface area contributed by atoms with Gasteiger partial charge in [0.15, 0.2) is 22.7 Å². The van der Waals surface area contributed by atoms with Crippen molar-refractivity contribution in [1.29, 1.82) is 0 Å². The summed E-state index contributed by atoms with van der Waals surface area (Å²) in [4.78, 5) is 43.6. The summed E-state index contributed by atoms with van der Waals surface area (Å²) >= 11 is 6.23. The van der Waals surface area contributed by atoms with Gasteiger partial charge in [-0.15, -0.1) is 0 Å². The number of halogens is 1. The van der Waals surface area contributed by atoms with Crippen molar-refractivity contribution in [2.24, 2.45) is 7.05 Å². The van der Waals surface area contributed by atoms with E-state index >= 15 is 0 Å². The molecule has 0 aliphatic rings. The highest BCUT2D eigenvalue weighted by atomic mass is 35.5. The molecule has 1 aromatic carbocycles. The molecule has 0 saturated heterocycles. The predicted octanol–water partition coefficient (Wildman–Crippen LogP) is 3.04. The lowest BCUT2D eigenvalue weighted by Gasteiger charge is -2.11. The first-order valence-corrected chi connectivity index (χ1v) is 11.2. The second-order valence-corrected chi connectivity index (χ2v) is 7.84. The predicted molar refractivity (Wildman–Crippen MR) is 129 cm³/mol. The molecule has 0 spiro atoms. The Morgan fingerprint density at radius 2 is 2.03 bits per heavy atom. The molecule has 34 heavy (non-hydrogen) atoms. The summed E-state index contributed by atoms with van der Waals surface area (Å²) < 4.78 is 19.0. The van der Waals surface area contributed by atoms with Gasteiger partial charge < -0.3 is 18.8 Å². The molecule has 0 aliphatic carbocycles. The number of aryl methyl sites for hydroxylation is 2. The molecule has 3 rings (SSSR count). The molecular formula is C23H27ClN4O6. The zero-order valence-electron chi connectivity index (χ0n) is 19.5. The second kappa shape index (κ2) is 11.1. The smallest absolute Gasteiger partial charge is 0.331 e. The summed E-state index contributed by atoms with van der Waals surface area (Å²) in [7, 11) is 3.13. The highest BCUT2D eigenvalue weighted by Gasteiger charge is 2.17. The van der Waals surface area contributed by atoms with Gasteiger partial charge in [0, 0.05) is 19.7 Å². The van der Waals surface area contributed by atoms with Crippen LogP contribution in [0.1, 0.15) is 38.1 Å². The van der Waals surface area contributed by atoms with Gasteiger partial charge in [-0.05, 0) is 37.1 Å². The van der Waals surface area contributed by atoms with E-state index in [-0.39, 0.29) is 17.8 Å². The van der Waals surface area contributed by atoms with Crippen LogP contribution in [0.3, 0.4) is 0 Å². The number of carbonyl (C=O) groups is 1. The number of H-pyrrole nitrogens is 1. The Morgan fingerprint density at radius 3 is 2.71 bits per heavy atom. The van der Waals surface area contributed by atoms with Gasteiger partial charge in [0.05, 0.1) is 18.7 Å². The molecule has 10 nitrogen and oxygen atoms in total. The summed E-state index contributed by atoms with van der Waals surface area (Å²) in [6.07, 6.45) is 4.42. The first-order chi connectivity index (χ1) is 16.3. The van der Waals surface area contributed by atoms with Crippen molar-refractivity contribution in [3.63, 3.8) is 0 Å². The third-order valence-corrected chi connectivity index (χ3v) is 5.41. The van der Waals surface area contributed by atoms with Gasteiger partial charge in [-0.2, -0.15) is 0 Å². The molecule has 0 aliphatic heterocycles. The van der Waals surface area contributed by atoms with Crippen LogP contribution < -0.4 is 20.7 Å². The summed E-state index contributed by atoms with van der Waals surface area (Å²) in [6, 6.07) is 3.34. The monoisotopic (exact) mass is 490 g/mol. The average Bonchev–Trinajstić information content (AvgIpc) is 3.12. The number of carbonyl (C=O) groups excluding carboxylic acids is 1. The maximum atomic E-state index is 12.3. The van der Waals surface area contributed by atoms with Crippen LogP contribution in [-0.2, 0) is 29.7 Å². The molecule has 11 heteroatoms. The summed E-state index contributed by atoms with van der Waals surface area (Å²) in [6.45, 7) is 4.52. The zero-order valence-corrected chi connectivity index (χ0v) is 20.3. The molecule has 0 bridgehead atoms. The minimum Gasteiger partial charge on any atom is -0.491 e. The average molecular weight is 491 g/mol. The molecule has 1 N–H and O–H groups in total. The van der Waals surface area contributed by atoms with Gasteiger partial charge in [-0.1, -0.05) is 24.9 Å². The van der Waals surface area contributed by atoms with Crippen molar-refractivity contribution in [2.75, 3.05) is 13.7 Å². The number of ether oxygens (including phenoxy) is 3. The number of hydrogen-bond donors (Lipinski definition) is 1. The maximum absolute atomic E-state index is 12.3. The number of esters is 1. The molecule has 182 valence electrons. The molecule has 0 fully saturated rings. The topological polar surface area (TPSA) is 117 Å². The van der Waals surface area contributed by atoms with Gasteiger partial charge in [-0.25, -0.2) is 14.6 Å². The van der Waals surface area contributed by atoms with Crippen LogP contribution >= 0.6 is 11.6 Å². The number of aromatic amines is 1. The molecule has 2 aromatic heterocycles. The largest absolute Gasteiger partial charge is 0.491 e. The fraction of sp³-hybridized carbons (Fsp3) is 0.391. The van der Waals surface area contributed by atoms with E-state index in [2.05, 4.69) is 9.97 Å². The van der Waals surface area contributed by atoms with Crippen molar-refractivity contribution in [1.82, 2.24) is 19.1 Å². The number of unbranched alkanes of at least 4 members (excludes halogenated alkanes) is 1. The van der Waals surface area contributed by atoms with Crippen LogP contribution in [0.4, 0.5) is 0 Å². The normalized spacial score (nSPS) is 11.3. The quantitative estimate of drug-likeness (QED) is 0.343. The highest BCUT2D eigenvalue weighted by Crippen LogP contribution is 2.36. The van der Waals surface area contributed by atoms with Crippen LogP contribution in [-0.4, -0.2) is 38.8 Å². The Bertz CT molecular complexity index is 1340. The number of nitrogens with zero attached hydrogens (tertiary/aromatic N) is 3. The van der Waals surface area contributed by atoms with E-state index in [0.717, 1.165) is 12.8 Å². The van der Waals surface area contributed by atoms with E-state index < -0.39 is 17.2 Å². The summed E-state index contributed by atoms with van der Waals surface area (Å²) in [5.41, 5.74) is 0.0819. The molecule has 2 heterocycles. The van der Waals surface area contributed by atoms with Gasteiger partial charge in [0.2, 0.25) is 0 Å². The van der Waals surface area contributed by atoms with E-state index in [1.54, 1.807) is 19.2 Å². The number of rotatable bonds is 10. The van der Waals surface area contributed by atoms with Crippen LogP contribution in [0.25, 0.3) is 17.2 Å². The molecule has 0 unspecified atom stereocenters. The maximum Gasteiger partial charge on any atom is 0.331 e. The second-order valence-electron chi connectivity index (χ2n) is 7.43. The number of methoxy groups -OCH3 is 1. The fourth-order valence-electron chi connectivity index (χ4n) is 3.44. The van der Waals surface area contributed by atoms with Gasteiger partial charge in [-0.3, -0.25) is 14.3 Å². The van der Waals surface area contributed by atoms with Crippen molar-refractivity contribution < 1.29 is 19.0 Å². The number of hydrogen-bond acceptors (Lipinski definition) is 7. The van der Waals surface area contributed by atoms with Crippen molar-refractivity contribution in [3.8, 4) is 11.5 Å². The van der Waals surface area contributed by atoms with Crippen LogP contribution in [0, 0.1) is 0 Å². The minimum atomic E-state index is -0.616. The molecule has 0 amide bonds. The lowest BCUT2D eigenvalue weighted by Crippen LogP contribution is -2.31. The number of fused-ring (bicyclic) bond motifs is 1. The number of benzene rings is 1. The number of aromatic nitrogens is 4. The Labute approximate surface area is 200 Å². The van der Waals surface area contributed by atoms with Crippen LogP contribution in [0.2, 0.25) is 5.02 Å². The van der Waals surface area contributed by atoms with Crippen LogP contribution in [0.15, 0.2) is 27.8 Å². The molecule has 0 saturated carbocycles. The van der Waals surface area contributed by atoms with Gasteiger partial charge in [0.1, 0.15) is 12.4 Å². The van der Waals surface area contributed by atoms with Gasteiger partial charge >= 0.3 is 11.7 Å². The molecule has 0 atom stereocenters. The Balaban J connectivity index is 1.79. The van der Waals surface area contributed by atoms with Crippen molar-refractivity contribution >= 4 is 34.8 Å². The van der Waals surface area contributed by atoms with E-state index in [0.29, 0.717) is 41.1 Å². The third-order valence-electron chi connectivity index (χ3n) is 5.13. The first-order valence-electron chi connectivity index (χ1n) is 10.8. The van der Waals surface area contributed by atoms with Crippen molar-refractivity contribution in [2.45, 2.75) is 39.8 Å². The molecule has 0 radical (unpaired) electrons. The van der Waals surface area contributed by atoms with E-state index in [4.69, 9.17) is 25.8 Å². The highest BCUT2D eigenvalue weighted by molar-refractivity contribution is 6.32. The zero-order chi connectivity index (χ0) is 24.8. The fourth-order valence-corrected chi connectivity index (χ4v) is 3.73. The Kier molecular flexibility index (Phi) is 8.17. The Morgan fingerprint density at radius 1 is 1.26 bits per heavy atom.